The third-order valence-corrected chi connectivity index (χ3v) is 4.26. The maximum atomic E-state index is 3.61. The SMILES string of the molecule is CCCSCC(Cc1cc(C)cc(C)c1)NCC. The normalized spacial score (nSPS) is 12.7. The fourth-order valence-electron chi connectivity index (χ4n) is 2.32. The Hall–Kier alpha value is -0.470. The van der Waals surface area contributed by atoms with Crippen LogP contribution in [0.15, 0.2) is 18.2 Å². The first kappa shape index (κ1) is 15.6. The fourth-order valence-corrected chi connectivity index (χ4v) is 3.30. The van der Waals surface area contributed by atoms with Gasteiger partial charge < -0.3 is 5.32 Å². The van der Waals surface area contributed by atoms with Crippen LogP contribution in [0.4, 0.5) is 0 Å². The van der Waals surface area contributed by atoms with E-state index in [0.29, 0.717) is 6.04 Å². The van der Waals surface area contributed by atoms with Gasteiger partial charge >= 0.3 is 0 Å². The van der Waals surface area contributed by atoms with Crippen LogP contribution < -0.4 is 5.32 Å². The molecule has 0 aliphatic carbocycles. The molecule has 1 aromatic rings. The molecule has 1 atom stereocenters. The van der Waals surface area contributed by atoms with Crippen LogP contribution in [0.3, 0.4) is 0 Å². The van der Waals surface area contributed by atoms with Crippen molar-refractivity contribution in [2.75, 3.05) is 18.1 Å². The molecule has 0 heterocycles. The van der Waals surface area contributed by atoms with E-state index in [4.69, 9.17) is 0 Å². The second kappa shape index (κ2) is 8.60. The molecule has 0 aliphatic rings. The highest BCUT2D eigenvalue weighted by atomic mass is 32.2. The largest absolute Gasteiger partial charge is 0.313 e. The van der Waals surface area contributed by atoms with Gasteiger partial charge in [0.15, 0.2) is 0 Å². The van der Waals surface area contributed by atoms with Crippen LogP contribution in [0.2, 0.25) is 0 Å². The maximum absolute atomic E-state index is 3.61. The van der Waals surface area contributed by atoms with Gasteiger partial charge in [0.05, 0.1) is 0 Å². The maximum Gasteiger partial charge on any atom is 0.0198 e. The van der Waals surface area contributed by atoms with Gasteiger partial charge in [-0.2, -0.15) is 11.8 Å². The molecular formula is C16H27NS. The average molecular weight is 265 g/mol. The molecule has 1 nitrogen and oxygen atoms in total. The van der Waals surface area contributed by atoms with E-state index in [0.717, 1.165) is 13.0 Å². The molecule has 0 aliphatic heterocycles. The summed E-state index contributed by atoms with van der Waals surface area (Å²) in [5, 5.41) is 3.61. The fraction of sp³-hybridized carbons (Fsp3) is 0.625. The van der Waals surface area contributed by atoms with Crippen LogP contribution in [0.25, 0.3) is 0 Å². The minimum Gasteiger partial charge on any atom is -0.313 e. The molecule has 0 saturated carbocycles. The molecule has 2 heteroatoms. The summed E-state index contributed by atoms with van der Waals surface area (Å²) >= 11 is 2.07. The van der Waals surface area contributed by atoms with Gasteiger partial charge in [0.2, 0.25) is 0 Å². The summed E-state index contributed by atoms with van der Waals surface area (Å²) in [5.41, 5.74) is 4.22. The molecular weight excluding hydrogens is 238 g/mol. The third kappa shape index (κ3) is 5.92. The lowest BCUT2D eigenvalue weighted by atomic mass is 10.0. The minimum absolute atomic E-state index is 0.604. The highest BCUT2D eigenvalue weighted by molar-refractivity contribution is 7.99. The highest BCUT2D eigenvalue weighted by Gasteiger charge is 2.09. The molecule has 0 bridgehead atoms. The Labute approximate surface area is 117 Å². The van der Waals surface area contributed by atoms with Crippen molar-refractivity contribution in [3.05, 3.63) is 34.9 Å². The van der Waals surface area contributed by atoms with Crippen molar-refractivity contribution in [1.29, 1.82) is 0 Å². The second-order valence-electron chi connectivity index (χ2n) is 5.03. The third-order valence-electron chi connectivity index (χ3n) is 2.92. The van der Waals surface area contributed by atoms with Crippen LogP contribution in [-0.2, 0) is 6.42 Å². The molecule has 0 aromatic heterocycles. The zero-order valence-corrected chi connectivity index (χ0v) is 13.1. The molecule has 0 amide bonds. The van der Waals surface area contributed by atoms with E-state index < -0.39 is 0 Å². The lowest BCUT2D eigenvalue weighted by Gasteiger charge is -2.18. The smallest absolute Gasteiger partial charge is 0.0198 e. The molecule has 0 radical (unpaired) electrons. The van der Waals surface area contributed by atoms with E-state index in [9.17, 15) is 0 Å². The topological polar surface area (TPSA) is 12.0 Å². The minimum atomic E-state index is 0.604. The predicted molar refractivity (Wildman–Crippen MR) is 84.7 cm³/mol. The number of likely N-dealkylation sites (N-methyl/N-ethyl adjacent to an activating group) is 1. The number of aryl methyl sites for hydroxylation is 2. The van der Waals surface area contributed by atoms with Crippen molar-refractivity contribution in [3.63, 3.8) is 0 Å². The molecule has 1 rings (SSSR count). The summed E-state index contributed by atoms with van der Waals surface area (Å²) < 4.78 is 0. The van der Waals surface area contributed by atoms with E-state index >= 15 is 0 Å². The molecule has 0 spiro atoms. The summed E-state index contributed by atoms with van der Waals surface area (Å²) in [6, 6.07) is 7.49. The van der Waals surface area contributed by atoms with Crippen LogP contribution in [0, 0.1) is 13.8 Å². The lowest BCUT2D eigenvalue weighted by Crippen LogP contribution is -2.33. The van der Waals surface area contributed by atoms with E-state index in [2.05, 4.69) is 63.0 Å². The van der Waals surface area contributed by atoms with Gasteiger partial charge in [-0.15, -0.1) is 0 Å². The Morgan fingerprint density at radius 2 is 1.78 bits per heavy atom. The van der Waals surface area contributed by atoms with Crippen LogP contribution >= 0.6 is 11.8 Å². The monoisotopic (exact) mass is 265 g/mol. The van der Waals surface area contributed by atoms with Crippen molar-refractivity contribution < 1.29 is 0 Å². The first-order valence-corrected chi connectivity index (χ1v) is 8.19. The van der Waals surface area contributed by atoms with Crippen molar-refractivity contribution in [1.82, 2.24) is 5.32 Å². The number of rotatable bonds is 8. The van der Waals surface area contributed by atoms with Crippen molar-refractivity contribution in [2.24, 2.45) is 0 Å². The van der Waals surface area contributed by atoms with Crippen molar-refractivity contribution in [2.45, 2.75) is 46.6 Å². The quantitative estimate of drug-likeness (QED) is 0.714. The number of nitrogens with one attached hydrogen (secondary N) is 1. The first-order chi connectivity index (χ1) is 8.65. The summed E-state index contributed by atoms with van der Waals surface area (Å²) in [4.78, 5) is 0. The highest BCUT2D eigenvalue weighted by Crippen LogP contribution is 2.13. The molecule has 1 N–H and O–H groups in total. The van der Waals surface area contributed by atoms with E-state index in [1.54, 1.807) is 0 Å². The molecule has 1 aromatic carbocycles. The van der Waals surface area contributed by atoms with Gasteiger partial charge in [-0.05, 0) is 44.6 Å². The molecule has 0 saturated heterocycles. The van der Waals surface area contributed by atoms with E-state index in [1.165, 1.54) is 34.6 Å². The summed E-state index contributed by atoms with van der Waals surface area (Å²) in [7, 11) is 0. The number of hydrogen-bond donors (Lipinski definition) is 1. The lowest BCUT2D eigenvalue weighted by molar-refractivity contribution is 0.572. The average Bonchev–Trinajstić information content (AvgIpc) is 2.28. The number of benzene rings is 1. The van der Waals surface area contributed by atoms with Gasteiger partial charge in [-0.3, -0.25) is 0 Å². The van der Waals surface area contributed by atoms with Gasteiger partial charge in [-0.1, -0.05) is 43.2 Å². The summed E-state index contributed by atoms with van der Waals surface area (Å²) in [6.45, 7) is 9.87. The molecule has 0 fully saturated rings. The van der Waals surface area contributed by atoms with Gasteiger partial charge in [0, 0.05) is 11.8 Å². The van der Waals surface area contributed by atoms with Gasteiger partial charge in [0.25, 0.3) is 0 Å². The molecule has 18 heavy (non-hydrogen) atoms. The van der Waals surface area contributed by atoms with Crippen molar-refractivity contribution >= 4 is 11.8 Å². The Morgan fingerprint density at radius 1 is 1.11 bits per heavy atom. The zero-order chi connectivity index (χ0) is 13.4. The summed E-state index contributed by atoms with van der Waals surface area (Å²) in [5.74, 6) is 2.49. The molecule has 1 unspecified atom stereocenters. The van der Waals surface area contributed by atoms with Crippen LogP contribution in [0.5, 0.6) is 0 Å². The first-order valence-electron chi connectivity index (χ1n) is 7.04. The van der Waals surface area contributed by atoms with E-state index in [-0.39, 0.29) is 0 Å². The Morgan fingerprint density at radius 3 is 2.33 bits per heavy atom. The summed E-state index contributed by atoms with van der Waals surface area (Å²) in [6.07, 6.45) is 2.42. The van der Waals surface area contributed by atoms with Crippen LogP contribution in [0.1, 0.15) is 37.0 Å². The van der Waals surface area contributed by atoms with E-state index in [1.807, 2.05) is 0 Å². The number of thioether (sulfide) groups is 1. The standard InChI is InChI=1S/C16H27NS/c1-5-7-18-12-16(17-6-2)11-15-9-13(3)8-14(4)10-15/h8-10,16-17H,5-7,11-12H2,1-4H3. The Balaban J connectivity index is 2.58. The Kier molecular flexibility index (Phi) is 7.45. The van der Waals surface area contributed by atoms with Crippen LogP contribution in [-0.4, -0.2) is 24.1 Å². The number of hydrogen-bond acceptors (Lipinski definition) is 2. The zero-order valence-electron chi connectivity index (χ0n) is 12.3. The predicted octanol–water partition coefficient (Wildman–Crippen LogP) is 3.97. The second-order valence-corrected chi connectivity index (χ2v) is 6.18. The van der Waals surface area contributed by atoms with Gasteiger partial charge in [0.1, 0.15) is 0 Å². The molecule has 102 valence electrons. The van der Waals surface area contributed by atoms with Crippen molar-refractivity contribution in [3.8, 4) is 0 Å². The Bertz CT molecular complexity index is 329. The van der Waals surface area contributed by atoms with Gasteiger partial charge in [-0.25, -0.2) is 0 Å².